The molecule has 5 heteroatoms. The van der Waals surface area contributed by atoms with Crippen LogP contribution in [0.3, 0.4) is 0 Å². The molecule has 0 radical (unpaired) electrons. The molecule has 0 aliphatic rings. The van der Waals surface area contributed by atoms with Crippen molar-refractivity contribution in [2.45, 2.75) is 19.8 Å². The van der Waals surface area contributed by atoms with Crippen LogP contribution in [0.15, 0.2) is 24.3 Å². The van der Waals surface area contributed by atoms with E-state index in [4.69, 9.17) is 16.7 Å². The van der Waals surface area contributed by atoms with Gasteiger partial charge in [0.25, 0.3) is 0 Å². The average molecular weight is 282 g/mol. The third-order valence-corrected chi connectivity index (χ3v) is 4.07. The van der Waals surface area contributed by atoms with Gasteiger partial charge in [0.15, 0.2) is 0 Å². The van der Waals surface area contributed by atoms with E-state index >= 15 is 0 Å². The van der Waals surface area contributed by atoms with Gasteiger partial charge in [-0.1, -0.05) is 23.7 Å². The maximum atomic E-state index is 10.6. The molecule has 0 atom stereocenters. The summed E-state index contributed by atoms with van der Waals surface area (Å²) in [5.74, 6) is -0.782. The van der Waals surface area contributed by atoms with Crippen molar-refractivity contribution < 1.29 is 9.90 Å². The van der Waals surface area contributed by atoms with Crippen LogP contribution in [0.25, 0.3) is 10.6 Å². The molecule has 0 saturated carbocycles. The zero-order chi connectivity index (χ0) is 13.1. The molecule has 1 heterocycles. The van der Waals surface area contributed by atoms with Crippen molar-refractivity contribution in [3.05, 3.63) is 39.9 Å². The zero-order valence-corrected chi connectivity index (χ0v) is 11.4. The number of carbonyl (C=O) groups is 1. The fraction of sp³-hybridized carbons (Fsp3) is 0.231. The Balaban J connectivity index is 2.22. The second kappa shape index (κ2) is 5.50. The van der Waals surface area contributed by atoms with E-state index in [0.717, 1.165) is 21.1 Å². The maximum Gasteiger partial charge on any atom is 0.303 e. The van der Waals surface area contributed by atoms with Crippen molar-refractivity contribution in [2.75, 3.05) is 0 Å². The Bertz CT molecular complexity index is 563. The summed E-state index contributed by atoms with van der Waals surface area (Å²) in [5, 5.41) is 10.3. The van der Waals surface area contributed by atoms with Gasteiger partial charge in [-0.15, -0.1) is 11.3 Å². The summed E-state index contributed by atoms with van der Waals surface area (Å²) in [7, 11) is 0. The Hall–Kier alpha value is -1.39. The number of rotatable bonds is 4. The van der Waals surface area contributed by atoms with Gasteiger partial charge in [0.2, 0.25) is 0 Å². The summed E-state index contributed by atoms with van der Waals surface area (Å²) in [6.45, 7) is 1.91. The van der Waals surface area contributed by atoms with Gasteiger partial charge in [0.05, 0.1) is 12.1 Å². The molecule has 0 spiro atoms. The molecule has 2 rings (SSSR count). The Morgan fingerprint density at radius 1 is 1.39 bits per heavy atom. The number of carboxylic acid groups (broad SMARTS) is 1. The van der Waals surface area contributed by atoms with Crippen molar-refractivity contribution in [2.24, 2.45) is 0 Å². The van der Waals surface area contributed by atoms with Crippen molar-refractivity contribution in [3.63, 3.8) is 0 Å². The van der Waals surface area contributed by atoms with E-state index in [1.165, 1.54) is 0 Å². The topological polar surface area (TPSA) is 50.2 Å². The van der Waals surface area contributed by atoms with Crippen LogP contribution in [-0.2, 0) is 11.2 Å². The molecule has 1 aromatic carbocycles. The van der Waals surface area contributed by atoms with E-state index in [2.05, 4.69) is 4.98 Å². The van der Waals surface area contributed by atoms with Crippen molar-refractivity contribution in [1.82, 2.24) is 4.98 Å². The zero-order valence-electron chi connectivity index (χ0n) is 9.81. The minimum absolute atomic E-state index is 0.142. The first-order chi connectivity index (χ1) is 8.56. The highest BCUT2D eigenvalue weighted by atomic mass is 35.5. The number of nitrogens with zero attached hydrogens (tertiary/aromatic N) is 1. The van der Waals surface area contributed by atoms with Crippen LogP contribution < -0.4 is 0 Å². The van der Waals surface area contributed by atoms with Crippen molar-refractivity contribution in [1.29, 1.82) is 0 Å². The molecule has 1 N–H and O–H groups in total. The van der Waals surface area contributed by atoms with Crippen LogP contribution in [-0.4, -0.2) is 16.1 Å². The van der Waals surface area contributed by atoms with E-state index in [1.54, 1.807) is 11.3 Å². The quantitative estimate of drug-likeness (QED) is 0.927. The summed E-state index contributed by atoms with van der Waals surface area (Å²) in [4.78, 5) is 16.1. The molecule has 0 aliphatic carbocycles. The maximum absolute atomic E-state index is 10.6. The molecule has 18 heavy (non-hydrogen) atoms. The second-order valence-corrected chi connectivity index (χ2v) is 5.45. The predicted molar refractivity (Wildman–Crippen MR) is 73.3 cm³/mol. The minimum Gasteiger partial charge on any atom is -0.481 e. The van der Waals surface area contributed by atoms with Crippen LogP contribution in [0.1, 0.15) is 17.0 Å². The number of hydrogen-bond donors (Lipinski definition) is 1. The molecule has 2 aromatic rings. The highest BCUT2D eigenvalue weighted by molar-refractivity contribution is 7.15. The third kappa shape index (κ3) is 3.09. The lowest BCUT2D eigenvalue weighted by molar-refractivity contribution is -0.136. The molecule has 0 bridgehead atoms. The molecule has 0 aliphatic heterocycles. The van der Waals surface area contributed by atoms with Gasteiger partial charge < -0.3 is 5.11 Å². The third-order valence-electron chi connectivity index (χ3n) is 2.55. The smallest absolute Gasteiger partial charge is 0.303 e. The summed E-state index contributed by atoms with van der Waals surface area (Å²) < 4.78 is 0. The molecule has 94 valence electrons. The Labute approximate surface area is 114 Å². The standard InChI is InChI=1S/C13H12ClNO2S/c1-8-11(6-7-12(16)17)18-13(15-8)9-2-4-10(14)5-3-9/h2-5H,6-7H2,1H3,(H,16,17). The first-order valence-corrected chi connectivity index (χ1v) is 6.70. The molecule has 1 aromatic heterocycles. The van der Waals surface area contributed by atoms with Crippen LogP contribution >= 0.6 is 22.9 Å². The van der Waals surface area contributed by atoms with E-state index in [0.29, 0.717) is 11.4 Å². The molecule has 3 nitrogen and oxygen atoms in total. The number of aromatic nitrogens is 1. The van der Waals surface area contributed by atoms with Crippen molar-refractivity contribution in [3.8, 4) is 10.6 Å². The summed E-state index contributed by atoms with van der Waals surface area (Å²) in [6, 6.07) is 7.48. The summed E-state index contributed by atoms with van der Waals surface area (Å²) in [6.07, 6.45) is 0.676. The Morgan fingerprint density at radius 3 is 2.67 bits per heavy atom. The van der Waals surface area contributed by atoms with Gasteiger partial charge in [0, 0.05) is 15.5 Å². The molecule has 0 saturated heterocycles. The minimum atomic E-state index is -0.782. The van der Waals surface area contributed by atoms with Gasteiger partial charge in [0.1, 0.15) is 5.01 Å². The van der Waals surface area contributed by atoms with E-state index < -0.39 is 5.97 Å². The molecule has 0 amide bonds. The normalized spacial score (nSPS) is 10.6. The number of carboxylic acids is 1. The number of aliphatic carboxylic acids is 1. The number of hydrogen-bond acceptors (Lipinski definition) is 3. The first-order valence-electron chi connectivity index (χ1n) is 5.50. The highest BCUT2D eigenvalue weighted by Crippen LogP contribution is 2.29. The highest BCUT2D eigenvalue weighted by Gasteiger charge is 2.10. The summed E-state index contributed by atoms with van der Waals surface area (Å²) >= 11 is 7.38. The lowest BCUT2D eigenvalue weighted by Crippen LogP contribution is -1.96. The number of thiazole rings is 1. The average Bonchev–Trinajstić information content (AvgIpc) is 2.69. The van der Waals surface area contributed by atoms with Gasteiger partial charge in [-0.2, -0.15) is 0 Å². The second-order valence-electron chi connectivity index (χ2n) is 3.93. The largest absolute Gasteiger partial charge is 0.481 e. The lowest BCUT2D eigenvalue weighted by Gasteiger charge is -1.95. The van der Waals surface area contributed by atoms with E-state index in [9.17, 15) is 4.79 Å². The molecular formula is C13H12ClNO2S. The SMILES string of the molecule is Cc1nc(-c2ccc(Cl)cc2)sc1CCC(=O)O. The Kier molecular flexibility index (Phi) is 3.99. The monoisotopic (exact) mass is 281 g/mol. The molecule has 0 fully saturated rings. The molecular weight excluding hydrogens is 270 g/mol. The lowest BCUT2D eigenvalue weighted by atomic mass is 10.2. The predicted octanol–water partition coefficient (Wildman–Crippen LogP) is 3.79. The Morgan fingerprint density at radius 2 is 2.06 bits per heavy atom. The summed E-state index contributed by atoms with van der Waals surface area (Å²) in [5.41, 5.74) is 1.92. The van der Waals surface area contributed by atoms with E-state index in [1.807, 2.05) is 31.2 Å². The number of aryl methyl sites for hydroxylation is 2. The van der Waals surface area contributed by atoms with Crippen LogP contribution in [0.2, 0.25) is 5.02 Å². The fourth-order valence-corrected chi connectivity index (χ4v) is 2.79. The van der Waals surface area contributed by atoms with Crippen LogP contribution in [0.4, 0.5) is 0 Å². The van der Waals surface area contributed by atoms with Crippen molar-refractivity contribution >= 4 is 28.9 Å². The van der Waals surface area contributed by atoms with E-state index in [-0.39, 0.29) is 6.42 Å². The fourth-order valence-electron chi connectivity index (χ4n) is 1.60. The molecule has 0 unspecified atom stereocenters. The van der Waals surface area contributed by atoms with Gasteiger partial charge in [-0.3, -0.25) is 4.79 Å². The first kappa shape index (κ1) is 13.1. The van der Waals surface area contributed by atoms with Gasteiger partial charge in [-0.05, 0) is 25.5 Å². The number of halogens is 1. The van der Waals surface area contributed by atoms with Gasteiger partial charge in [-0.25, -0.2) is 4.98 Å². The van der Waals surface area contributed by atoms with Crippen LogP contribution in [0, 0.1) is 6.92 Å². The number of benzene rings is 1. The van der Waals surface area contributed by atoms with Gasteiger partial charge >= 0.3 is 5.97 Å². The van der Waals surface area contributed by atoms with Crippen LogP contribution in [0.5, 0.6) is 0 Å².